The molecule has 2 heterocycles. The number of hydrogen-bond donors (Lipinski definition) is 1. The lowest BCUT2D eigenvalue weighted by molar-refractivity contribution is -0.115. The summed E-state index contributed by atoms with van der Waals surface area (Å²) in [6.07, 6.45) is -2.72. The van der Waals surface area contributed by atoms with E-state index in [0.717, 1.165) is 30.3 Å². The van der Waals surface area contributed by atoms with Crippen LogP contribution in [0.4, 0.5) is 18.9 Å². The molecule has 3 unspecified atom stereocenters. The van der Waals surface area contributed by atoms with Crippen LogP contribution in [-0.4, -0.2) is 47.7 Å². The summed E-state index contributed by atoms with van der Waals surface area (Å²) in [5.74, 6) is -0.655. The van der Waals surface area contributed by atoms with Crippen LogP contribution < -0.4 is 10.9 Å². The van der Waals surface area contributed by atoms with E-state index >= 15 is 0 Å². The number of thioether (sulfide) groups is 1. The first-order chi connectivity index (χ1) is 11.5. The highest BCUT2D eigenvalue weighted by molar-refractivity contribution is 8.02. The average molecular weight is 419 g/mol. The van der Waals surface area contributed by atoms with Gasteiger partial charge >= 0.3 is 0 Å². The first kappa shape index (κ1) is 20.1. The van der Waals surface area contributed by atoms with E-state index in [2.05, 4.69) is 5.32 Å². The number of nitrogens with one attached hydrogen (secondary N) is 1. The third-order valence-electron chi connectivity index (χ3n) is 3.37. The molecule has 0 saturated carbocycles. The van der Waals surface area contributed by atoms with Crippen molar-refractivity contribution in [1.82, 2.24) is 4.57 Å². The Morgan fingerprint density at radius 3 is 2.64 bits per heavy atom. The van der Waals surface area contributed by atoms with Crippen molar-refractivity contribution < 1.29 is 26.4 Å². The number of halogens is 4. The second-order valence-electron chi connectivity index (χ2n) is 5.43. The number of nitrogens with zero attached hydrogens (tertiary/aromatic N) is 1. The maximum atomic E-state index is 13.4. The van der Waals surface area contributed by atoms with Gasteiger partial charge in [0.05, 0.1) is 17.5 Å². The van der Waals surface area contributed by atoms with Crippen LogP contribution in [0.5, 0.6) is 0 Å². The number of alkyl halides is 4. The zero-order valence-corrected chi connectivity index (χ0v) is 15.2. The Morgan fingerprint density at radius 1 is 1.52 bits per heavy atom. The molecule has 1 saturated heterocycles. The van der Waals surface area contributed by atoms with Gasteiger partial charge in [0.1, 0.15) is 15.8 Å². The minimum atomic E-state index is -4.00. The summed E-state index contributed by atoms with van der Waals surface area (Å²) >= 11 is 6.59. The van der Waals surface area contributed by atoms with Crippen molar-refractivity contribution in [2.75, 3.05) is 11.6 Å². The molecule has 1 N–H and O–H groups in total. The standard InChI is InChI=1S/C13H14ClF3N2O4S2/c1-25(22,23)9-2-6(4-19(13(9)21)5-10(16)17)18-12(20)8-3-7(15)11(14)24-8/h2,4,7-8,10-11H,3,5H2,1H3,(H,18,20). The van der Waals surface area contributed by atoms with E-state index in [9.17, 15) is 31.2 Å². The Morgan fingerprint density at radius 2 is 2.16 bits per heavy atom. The quantitative estimate of drug-likeness (QED) is 0.738. The fraction of sp³-hybridized carbons (Fsp3) is 0.538. The maximum Gasteiger partial charge on any atom is 0.269 e. The zero-order valence-electron chi connectivity index (χ0n) is 12.8. The van der Waals surface area contributed by atoms with Crippen LogP contribution in [0, 0.1) is 0 Å². The Balaban J connectivity index is 2.34. The lowest BCUT2D eigenvalue weighted by Crippen LogP contribution is -2.30. The van der Waals surface area contributed by atoms with Gasteiger partial charge in [0.25, 0.3) is 12.0 Å². The van der Waals surface area contributed by atoms with Crippen molar-refractivity contribution in [2.24, 2.45) is 0 Å². The zero-order chi connectivity index (χ0) is 18.9. The second kappa shape index (κ2) is 7.58. The number of rotatable bonds is 5. The molecule has 1 fully saturated rings. The van der Waals surface area contributed by atoms with Crippen molar-refractivity contribution in [3.05, 3.63) is 22.6 Å². The molecule has 25 heavy (non-hydrogen) atoms. The van der Waals surface area contributed by atoms with E-state index in [1.54, 1.807) is 0 Å². The summed E-state index contributed by atoms with van der Waals surface area (Å²) in [5.41, 5.74) is -1.26. The van der Waals surface area contributed by atoms with Crippen molar-refractivity contribution in [3.8, 4) is 0 Å². The second-order valence-corrected chi connectivity index (χ2v) is 9.49. The summed E-state index contributed by atoms with van der Waals surface area (Å²) in [7, 11) is -4.00. The van der Waals surface area contributed by atoms with Crippen molar-refractivity contribution in [3.63, 3.8) is 0 Å². The van der Waals surface area contributed by atoms with E-state index in [-0.39, 0.29) is 12.1 Å². The van der Waals surface area contributed by atoms with Gasteiger partial charge in [-0.2, -0.15) is 0 Å². The fourth-order valence-corrected chi connectivity index (χ4v) is 4.55. The molecule has 0 aliphatic carbocycles. The van der Waals surface area contributed by atoms with Crippen LogP contribution >= 0.6 is 23.4 Å². The predicted octanol–water partition coefficient (Wildman–Crippen LogP) is 1.86. The van der Waals surface area contributed by atoms with Crippen LogP contribution in [0.25, 0.3) is 0 Å². The summed E-state index contributed by atoms with van der Waals surface area (Å²) in [6.45, 7) is -1.03. The van der Waals surface area contributed by atoms with Crippen LogP contribution in [-0.2, 0) is 21.2 Å². The molecule has 1 amide bonds. The van der Waals surface area contributed by atoms with Crippen LogP contribution in [0.3, 0.4) is 0 Å². The van der Waals surface area contributed by atoms with Gasteiger partial charge in [-0.25, -0.2) is 21.6 Å². The highest BCUT2D eigenvalue weighted by Gasteiger charge is 2.38. The number of sulfone groups is 1. The van der Waals surface area contributed by atoms with Crippen LogP contribution in [0.1, 0.15) is 6.42 Å². The Kier molecular flexibility index (Phi) is 6.10. The summed E-state index contributed by atoms with van der Waals surface area (Å²) in [4.78, 5) is 23.4. The van der Waals surface area contributed by atoms with Crippen molar-refractivity contribution >= 4 is 44.8 Å². The smallest absolute Gasteiger partial charge is 0.269 e. The lowest BCUT2D eigenvalue weighted by Gasteiger charge is -2.13. The van der Waals surface area contributed by atoms with Gasteiger partial charge in [-0.15, -0.1) is 23.4 Å². The number of carbonyl (C=O) groups is 1. The fourth-order valence-electron chi connectivity index (χ4n) is 2.23. The van der Waals surface area contributed by atoms with Gasteiger partial charge < -0.3 is 9.88 Å². The Bertz CT molecular complexity index is 821. The molecule has 1 aromatic rings. The van der Waals surface area contributed by atoms with Crippen molar-refractivity contribution in [1.29, 1.82) is 0 Å². The number of anilines is 1. The third kappa shape index (κ3) is 4.91. The first-order valence-electron chi connectivity index (χ1n) is 6.96. The molecular weight excluding hydrogens is 405 g/mol. The van der Waals surface area contributed by atoms with Gasteiger partial charge in [0.15, 0.2) is 9.84 Å². The molecule has 12 heteroatoms. The molecule has 0 spiro atoms. The largest absolute Gasteiger partial charge is 0.324 e. The molecule has 1 aliphatic heterocycles. The van der Waals surface area contributed by atoms with Gasteiger partial charge in [-0.05, 0) is 6.07 Å². The molecule has 1 aliphatic rings. The Labute approximate surface area is 150 Å². The Hall–Kier alpha value is -1.20. The number of carbonyl (C=O) groups excluding carboxylic acids is 1. The van der Waals surface area contributed by atoms with Crippen LogP contribution in [0.15, 0.2) is 22.0 Å². The van der Waals surface area contributed by atoms with E-state index in [0.29, 0.717) is 4.57 Å². The van der Waals surface area contributed by atoms with E-state index in [4.69, 9.17) is 11.6 Å². The summed E-state index contributed by atoms with van der Waals surface area (Å²) in [5, 5.41) is 1.51. The van der Waals surface area contributed by atoms with E-state index in [1.165, 1.54) is 0 Å². The minimum absolute atomic E-state index is 0.125. The predicted molar refractivity (Wildman–Crippen MR) is 89.0 cm³/mol. The third-order valence-corrected chi connectivity index (χ3v) is 6.33. The number of amides is 1. The molecule has 0 radical (unpaired) electrons. The molecule has 2 rings (SSSR count). The van der Waals surface area contributed by atoms with Crippen molar-refractivity contribution in [2.45, 2.75) is 40.4 Å². The number of aromatic nitrogens is 1. The van der Waals surface area contributed by atoms with Gasteiger partial charge in [0.2, 0.25) is 5.91 Å². The van der Waals surface area contributed by atoms with Gasteiger partial charge in [0, 0.05) is 18.9 Å². The SMILES string of the molecule is CS(=O)(=O)c1cc(NC(=O)C2CC(F)C(Cl)S2)cn(CC(F)F)c1=O. The number of hydrogen-bond acceptors (Lipinski definition) is 5. The average Bonchev–Trinajstić information content (AvgIpc) is 2.80. The molecule has 0 bridgehead atoms. The normalized spacial score (nSPS) is 23.8. The summed E-state index contributed by atoms with van der Waals surface area (Å²) in [6, 6.07) is 0.891. The maximum absolute atomic E-state index is 13.4. The number of pyridine rings is 1. The minimum Gasteiger partial charge on any atom is -0.324 e. The molecule has 140 valence electrons. The first-order valence-corrected chi connectivity index (χ1v) is 10.2. The molecule has 3 atom stereocenters. The lowest BCUT2D eigenvalue weighted by atomic mass is 10.2. The van der Waals surface area contributed by atoms with Gasteiger partial charge in [-0.3, -0.25) is 9.59 Å². The van der Waals surface area contributed by atoms with E-state index < -0.39 is 55.3 Å². The topological polar surface area (TPSA) is 85.2 Å². The highest BCUT2D eigenvalue weighted by Crippen LogP contribution is 2.38. The molecular formula is C13H14ClF3N2O4S2. The van der Waals surface area contributed by atoms with Gasteiger partial charge in [-0.1, -0.05) is 0 Å². The molecule has 1 aromatic heterocycles. The summed E-state index contributed by atoms with van der Waals surface area (Å²) < 4.78 is 61.6. The highest BCUT2D eigenvalue weighted by atomic mass is 35.5. The van der Waals surface area contributed by atoms with Crippen LogP contribution in [0.2, 0.25) is 0 Å². The van der Waals surface area contributed by atoms with E-state index in [1.807, 2.05) is 0 Å². The monoisotopic (exact) mass is 418 g/mol. The molecule has 6 nitrogen and oxygen atoms in total. The molecule has 0 aromatic carbocycles.